The van der Waals surface area contributed by atoms with Gasteiger partial charge in [0.2, 0.25) is 5.91 Å². The van der Waals surface area contributed by atoms with E-state index in [1.807, 2.05) is 18.2 Å². The second-order valence-electron chi connectivity index (χ2n) is 7.05. The number of benzene rings is 1. The van der Waals surface area contributed by atoms with Crippen molar-refractivity contribution in [1.29, 1.82) is 0 Å². The third kappa shape index (κ3) is 4.71. The number of ether oxygens (including phenoxy) is 2. The van der Waals surface area contributed by atoms with Crippen LogP contribution in [0.15, 0.2) is 64.8 Å². The van der Waals surface area contributed by atoms with Crippen LogP contribution in [0.1, 0.15) is 19.4 Å². The summed E-state index contributed by atoms with van der Waals surface area (Å²) in [6.45, 7) is 4.12. The van der Waals surface area contributed by atoms with Gasteiger partial charge in [-0.05, 0) is 47.4 Å². The molecule has 0 radical (unpaired) electrons. The fourth-order valence-corrected chi connectivity index (χ4v) is 3.30. The molecule has 1 aromatic rings. The Labute approximate surface area is 170 Å². The van der Waals surface area contributed by atoms with Crippen molar-refractivity contribution < 1.29 is 19.1 Å². The molecule has 0 fully saturated rings. The van der Waals surface area contributed by atoms with E-state index < -0.39 is 5.91 Å². The van der Waals surface area contributed by atoms with Gasteiger partial charge in [-0.25, -0.2) is 4.99 Å². The van der Waals surface area contributed by atoms with Crippen LogP contribution < -0.4 is 14.8 Å². The van der Waals surface area contributed by atoms with Crippen LogP contribution in [0.2, 0.25) is 0 Å². The SMILES string of the molecule is COc1ccc(/C=C\C(=O)N=C2C=CC3C(=C2)NC(=O)C=C3C(C)C)cc1OC. The van der Waals surface area contributed by atoms with Gasteiger partial charge in [-0.15, -0.1) is 0 Å². The van der Waals surface area contributed by atoms with Gasteiger partial charge in [0, 0.05) is 23.8 Å². The zero-order valence-corrected chi connectivity index (χ0v) is 16.9. The molecule has 1 atom stereocenters. The van der Waals surface area contributed by atoms with Gasteiger partial charge in [-0.2, -0.15) is 0 Å². The third-order valence-corrected chi connectivity index (χ3v) is 4.75. The molecule has 0 saturated heterocycles. The molecule has 0 spiro atoms. The van der Waals surface area contributed by atoms with Gasteiger partial charge < -0.3 is 14.8 Å². The highest BCUT2D eigenvalue weighted by Crippen LogP contribution is 2.31. The molecule has 2 aliphatic rings. The summed E-state index contributed by atoms with van der Waals surface area (Å²) in [6.07, 6.45) is 10.2. The summed E-state index contributed by atoms with van der Waals surface area (Å²) in [6, 6.07) is 5.37. The summed E-state index contributed by atoms with van der Waals surface area (Å²) in [5.41, 5.74) is 3.10. The van der Waals surface area contributed by atoms with Crippen molar-refractivity contribution >= 4 is 23.6 Å². The predicted molar refractivity (Wildman–Crippen MR) is 113 cm³/mol. The minimum atomic E-state index is -0.392. The zero-order chi connectivity index (χ0) is 21.0. The van der Waals surface area contributed by atoms with Crippen LogP contribution in [0, 0.1) is 11.8 Å². The van der Waals surface area contributed by atoms with E-state index in [1.165, 1.54) is 6.08 Å². The van der Waals surface area contributed by atoms with Gasteiger partial charge in [-0.3, -0.25) is 9.59 Å². The van der Waals surface area contributed by atoms with Gasteiger partial charge in [0.1, 0.15) is 0 Å². The molecular formula is C23H24N2O4. The molecule has 1 N–H and O–H groups in total. The lowest BCUT2D eigenvalue weighted by Gasteiger charge is -2.29. The second-order valence-corrected chi connectivity index (χ2v) is 7.05. The molecule has 6 nitrogen and oxygen atoms in total. The minimum Gasteiger partial charge on any atom is -0.493 e. The largest absolute Gasteiger partial charge is 0.493 e. The molecule has 2 amide bonds. The first kappa shape index (κ1) is 20.3. The molecule has 150 valence electrons. The summed E-state index contributed by atoms with van der Waals surface area (Å²) in [4.78, 5) is 28.3. The molecule has 1 unspecified atom stereocenters. The number of methoxy groups -OCH3 is 2. The molecule has 0 aromatic heterocycles. The highest BCUT2D eigenvalue weighted by molar-refractivity contribution is 6.13. The summed E-state index contributed by atoms with van der Waals surface area (Å²) >= 11 is 0. The van der Waals surface area contributed by atoms with Crippen LogP contribution in [0.4, 0.5) is 0 Å². The van der Waals surface area contributed by atoms with Crippen LogP contribution in [0.3, 0.4) is 0 Å². The summed E-state index contributed by atoms with van der Waals surface area (Å²) in [5.74, 6) is 0.935. The van der Waals surface area contributed by atoms with Gasteiger partial charge in [0.25, 0.3) is 5.91 Å². The van der Waals surface area contributed by atoms with E-state index in [-0.39, 0.29) is 17.7 Å². The summed E-state index contributed by atoms with van der Waals surface area (Å²) in [5, 5.41) is 2.85. The van der Waals surface area contributed by atoms with Gasteiger partial charge in [0.15, 0.2) is 11.5 Å². The van der Waals surface area contributed by atoms with Gasteiger partial charge in [0.05, 0.1) is 19.9 Å². The van der Waals surface area contributed by atoms with Crippen LogP contribution in [-0.2, 0) is 9.59 Å². The standard InChI is InChI=1S/C23H24N2O4/c1-14(2)18-13-23(27)25-19-12-16(7-8-17(18)19)24-22(26)10-6-15-5-9-20(28-3)21(11-15)29-4/h5-14,17H,1-4H3,(H,25,27)/b10-6-,24-16?. The van der Waals surface area contributed by atoms with Crippen LogP contribution in [0.25, 0.3) is 6.08 Å². The Morgan fingerprint density at radius 2 is 1.93 bits per heavy atom. The number of nitrogens with one attached hydrogen (secondary N) is 1. The topological polar surface area (TPSA) is 77.0 Å². The first-order valence-corrected chi connectivity index (χ1v) is 9.36. The highest BCUT2D eigenvalue weighted by Gasteiger charge is 2.27. The number of nitrogens with zero attached hydrogens (tertiary/aromatic N) is 1. The van der Waals surface area contributed by atoms with Gasteiger partial charge in [-0.1, -0.05) is 26.0 Å². The maximum Gasteiger partial charge on any atom is 0.270 e. The van der Waals surface area contributed by atoms with Crippen LogP contribution in [0.5, 0.6) is 11.5 Å². The molecule has 6 heteroatoms. The normalized spacial score (nSPS) is 19.7. The Bertz CT molecular complexity index is 981. The first-order valence-electron chi connectivity index (χ1n) is 9.36. The fourth-order valence-electron chi connectivity index (χ4n) is 3.30. The van der Waals surface area contributed by atoms with E-state index in [4.69, 9.17) is 9.47 Å². The number of carbonyl (C=O) groups is 2. The third-order valence-electron chi connectivity index (χ3n) is 4.75. The molecule has 1 aliphatic heterocycles. The average molecular weight is 392 g/mol. The molecule has 1 heterocycles. The summed E-state index contributed by atoms with van der Waals surface area (Å²) in [7, 11) is 3.13. The minimum absolute atomic E-state index is 0.0176. The van der Waals surface area contributed by atoms with E-state index in [2.05, 4.69) is 24.2 Å². The Hall–Kier alpha value is -3.41. The smallest absolute Gasteiger partial charge is 0.270 e. The molecule has 1 aliphatic carbocycles. The van der Waals surface area contributed by atoms with E-state index >= 15 is 0 Å². The number of fused-ring (bicyclic) bond motifs is 1. The lowest BCUT2D eigenvalue weighted by atomic mass is 9.82. The van der Waals surface area contributed by atoms with Crippen LogP contribution >= 0.6 is 0 Å². The highest BCUT2D eigenvalue weighted by atomic mass is 16.5. The Morgan fingerprint density at radius 3 is 2.62 bits per heavy atom. The quantitative estimate of drug-likeness (QED) is 0.779. The Kier molecular flexibility index (Phi) is 6.12. The number of carbonyl (C=O) groups excluding carboxylic acids is 2. The molecule has 0 saturated carbocycles. The maximum atomic E-state index is 12.3. The van der Waals surface area contributed by atoms with E-state index in [9.17, 15) is 9.59 Å². The van der Waals surface area contributed by atoms with E-state index in [0.29, 0.717) is 17.2 Å². The molecular weight excluding hydrogens is 368 g/mol. The zero-order valence-electron chi connectivity index (χ0n) is 16.9. The predicted octanol–water partition coefficient (Wildman–Crippen LogP) is 3.47. The number of amides is 2. The van der Waals surface area contributed by atoms with Crippen molar-refractivity contribution in [2.24, 2.45) is 16.8 Å². The fraction of sp³-hybridized carbons (Fsp3) is 0.261. The number of aliphatic imine (C=N–C) groups is 1. The second kappa shape index (κ2) is 8.73. The van der Waals surface area contributed by atoms with Gasteiger partial charge >= 0.3 is 0 Å². The molecule has 3 rings (SSSR count). The van der Waals surface area contributed by atoms with Crippen molar-refractivity contribution in [2.75, 3.05) is 14.2 Å². The van der Waals surface area contributed by atoms with E-state index in [0.717, 1.165) is 16.8 Å². The van der Waals surface area contributed by atoms with Crippen molar-refractivity contribution in [3.05, 3.63) is 65.4 Å². The number of hydrogen-bond donors (Lipinski definition) is 1. The lowest BCUT2D eigenvalue weighted by molar-refractivity contribution is -0.116. The lowest BCUT2D eigenvalue weighted by Crippen LogP contribution is -2.34. The monoisotopic (exact) mass is 392 g/mol. The Morgan fingerprint density at radius 1 is 1.17 bits per heavy atom. The molecule has 1 aromatic carbocycles. The average Bonchev–Trinajstić information content (AvgIpc) is 2.71. The maximum absolute atomic E-state index is 12.3. The van der Waals surface area contributed by atoms with Crippen molar-refractivity contribution in [1.82, 2.24) is 5.32 Å². The Balaban J connectivity index is 1.76. The number of allylic oxidation sites excluding steroid dienone is 3. The van der Waals surface area contributed by atoms with E-state index in [1.54, 1.807) is 44.6 Å². The number of rotatable bonds is 5. The summed E-state index contributed by atoms with van der Waals surface area (Å²) < 4.78 is 10.5. The van der Waals surface area contributed by atoms with Crippen molar-refractivity contribution in [2.45, 2.75) is 13.8 Å². The first-order chi connectivity index (χ1) is 13.9. The molecule has 0 bridgehead atoms. The van der Waals surface area contributed by atoms with Crippen LogP contribution in [-0.4, -0.2) is 31.7 Å². The van der Waals surface area contributed by atoms with Crippen molar-refractivity contribution in [3.8, 4) is 11.5 Å². The molecule has 29 heavy (non-hydrogen) atoms. The number of hydrogen-bond acceptors (Lipinski definition) is 4. The van der Waals surface area contributed by atoms with Crippen molar-refractivity contribution in [3.63, 3.8) is 0 Å².